The van der Waals surface area contributed by atoms with E-state index >= 15 is 0 Å². The van der Waals surface area contributed by atoms with Gasteiger partial charge < -0.3 is 10.4 Å². The van der Waals surface area contributed by atoms with Crippen molar-refractivity contribution in [3.05, 3.63) is 58.1 Å². The van der Waals surface area contributed by atoms with Gasteiger partial charge in [0.2, 0.25) is 0 Å². The van der Waals surface area contributed by atoms with Gasteiger partial charge in [-0.25, -0.2) is 4.79 Å². The summed E-state index contributed by atoms with van der Waals surface area (Å²) >= 11 is 3.01. The van der Waals surface area contributed by atoms with E-state index in [4.69, 9.17) is 5.11 Å². The van der Waals surface area contributed by atoms with Gasteiger partial charge in [-0.1, -0.05) is 28.1 Å². The molecule has 2 aromatic rings. The Balaban J connectivity index is 2.41. The van der Waals surface area contributed by atoms with E-state index in [-0.39, 0.29) is 21.4 Å². The van der Waals surface area contributed by atoms with Crippen LogP contribution in [0.15, 0.2) is 46.9 Å². The summed E-state index contributed by atoms with van der Waals surface area (Å²) in [6.45, 7) is 0. The lowest BCUT2D eigenvalue weighted by Gasteiger charge is -2.13. The first kappa shape index (κ1) is 15.4. The third-order valence-electron chi connectivity index (χ3n) is 2.66. The highest BCUT2D eigenvalue weighted by Crippen LogP contribution is 2.34. The highest BCUT2D eigenvalue weighted by atomic mass is 79.9. The second-order valence-corrected chi connectivity index (χ2v) is 5.12. The van der Waals surface area contributed by atoms with Gasteiger partial charge in [-0.15, -0.1) is 0 Å². The second-order valence-electron chi connectivity index (χ2n) is 4.20. The number of benzene rings is 2. The fraction of sp³-hybridized carbons (Fsp3) is 0.0714. The summed E-state index contributed by atoms with van der Waals surface area (Å²) < 4.78 is 38.5. The smallest absolute Gasteiger partial charge is 0.416 e. The van der Waals surface area contributed by atoms with Crippen LogP contribution in [-0.2, 0) is 6.18 Å². The predicted octanol–water partition coefficient (Wildman–Crippen LogP) is 4.91. The molecule has 3 nitrogen and oxygen atoms in total. The Kier molecular flexibility index (Phi) is 4.22. The van der Waals surface area contributed by atoms with Gasteiger partial charge in [-0.05, 0) is 30.3 Å². The summed E-state index contributed by atoms with van der Waals surface area (Å²) in [5.74, 6) is -1.16. The van der Waals surface area contributed by atoms with Crippen LogP contribution < -0.4 is 5.32 Å². The number of carboxylic acid groups (broad SMARTS) is 1. The number of halogens is 4. The lowest BCUT2D eigenvalue weighted by atomic mass is 10.1. The van der Waals surface area contributed by atoms with Crippen LogP contribution in [0.4, 0.5) is 24.5 Å². The molecule has 0 saturated carbocycles. The standard InChI is InChI=1S/C14H9BrF3NO2/c15-9-5-8(14(16,17)18)6-10(7-9)19-12-4-2-1-3-11(12)13(20)21/h1-7,19H,(H,20,21). The lowest BCUT2D eigenvalue weighted by Crippen LogP contribution is -2.06. The minimum Gasteiger partial charge on any atom is -0.478 e. The molecule has 21 heavy (non-hydrogen) atoms. The van der Waals surface area contributed by atoms with Gasteiger partial charge in [-0.3, -0.25) is 0 Å². The van der Waals surface area contributed by atoms with Gasteiger partial charge in [0.25, 0.3) is 0 Å². The molecule has 2 rings (SSSR count). The summed E-state index contributed by atoms with van der Waals surface area (Å²) in [4.78, 5) is 11.1. The van der Waals surface area contributed by atoms with Crippen molar-refractivity contribution in [2.45, 2.75) is 6.18 Å². The number of hydrogen-bond donors (Lipinski definition) is 2. The van der Waals surface area contributed by atoms with Gasteiger partial charge >= 0.3 is 12.1 Å². The first-order valence-corrected chi connectivity index (χ1v) is 6.54. The maximum atomic E-state index is 12.8. The molecule has 0 unspecified atom stereocenters. The van der Waals surface area contributed by atoms with E-state index in [0.717, 1.165) is 12.1 Å². The Hall–Kier alpha value is -2.02. The Labute approximate surface area is 126 Å². The molecule has 0 bridgehead atoms. The topological polar surface area (TPSA) is 49.3 Å². The number of nitrogens with one attached hydrogen (secondary N) is 1. The van der Waals surface area contributed by atoms with E-state index in [9.17, 15) is 18.0 Å². The number of anilines is 2. The molecule has 0 atom stereocenters. The summed E-state index contributed by atoms with van der Waals surface area (Å²) in [7, 11) is 0. The molecule has 0 radical (unpaired) electrons. The Morgan fingerprint density at radius 1 is 1.14 bits per heavy atom. The quantitative estimate of drug-likeness (QED) is 0.818. The fourth-order valence-electron chi connectivity index (χ4n) is 1.76. The molecule has 0 aliphatic rings. The highest BCUT2D eigenvalue weighted by molar-refractivity contribution is 9.10. The normalized spacial score (nSPS) is 11.2. The average molecular weight is 360 g/mol. The summed E-state index contributed by atoms with van der Waals surface area (Å²) in [5, 5.41) is 11.7. The van der Waals surface area contributed by atoms with E-state index in [0.29, 0.717) is 0 Å². The maximum Gasteiger partial charge on any atom is 0.416 e. The van der Waals surface area contributed by atoms with Crippen LogP contribution in [0, 0.1) is 0 Å². The maximum absolute atomic E-state index is 12.8. The van der Waals surface area contributed by atoms with Crippen LogP contribution in [0.3, 0.4) is 0 Å². The zero-order valence-electron chi connectivity index (χ0n) is 10.4. The van der Waals surface area contributed by atoms with Crippen LogP contribution in [0.5, 0.6) is 0 Å². The summed E-state index contributed by atoms with van der Waals surface area (Å²) in [6.07, 6.45) is -4.48. The van der Waals surface area contributed by atoms with Gasteiger partial charge in [0.1, 0.15) is 0 Å². The van der Waals surface area contributed by atoms with Crippen molar-refractivity contribution in [2.75, 3.05) is 5.32 Å². The largest absolute Gasteiger partial charge is 0.478 e. The van der Waals surface area contributed by atoms with Crippen LogP contribution in [-0.4, -0.2) is 11.1 Å². The van der Waals surface area contributed by atoms with Crippen LogP contribution in [0.2, 0.25) is 0 Å². The Morgan fingerprint density at radius 3 is 2.43 bits per heavy atom. The van der Waals surface area contributed by atoms with Gasteiger partial charge in [0.15, 0.2) is 0 Å². The molecule has 0 aromatic heterocycles. The number of carbonyl (C=O) groups is 1. The molecular weight excluding hydrogens is 351 g/mol. The van der Waals surface area contributed by atoms with Gasteiger partial charge in [0, 0.05) is 10.2 Å². The SMILES string of the molecule is O=C(O)c1ccccc1Nc1cc(Br)cc(C(F)(F)F)c1. The summed E-state index contributed by atoms with van der Waals surface area (Å²) in [5.41, 5.74) is -0.486. The van der Waals surface area contributed by atoms with E-state index in [1.165, 1.54) is 24.3 Å². The highest BCUT2D eigenvalue weighted by Gasteiger charge is 2.31. The number of aromatic carboxylic acids is 1. The van der Waals surface area contributed by atoms with Crippen molar-refractivity contribution >= 4 is 33.3 Å². The number of para-hydroxylation sites is 1. The van der Waals surface area contributed by atoms with Crippen molar-refractivity contribution in [1.82, 2.24) is 0 Å². The average Bonchev–Trinajstić information content (AvgIpc) is 2.37. The number of alkyl halides is 3. The van der Waals surface area contributed by atoms with E-state index in [1.807, 2.05) is 0 Å². The first-order valence-electron chi connectivity index (χ1n) is 5.74. The molecule has 0 saturated heterocycles. The molecule has 2 aromatic carbocycles. The van der Waals surface area contributed by atoms with Crippen LogP contribution in [0.1, 0.15) is 15.9 Å². The fourth-order valence-corrected chi connectivity index (χ4v) is 2.25. The van der Waals surface area contributed by atoms with Gasteiger partial charge in [0.05, 0.1) is 16.8 Å². The minimum absolute atomic E-state index is 0.0222. The molecule has 0 fully saturated rings. The minimum atomic E-state index is -4.48. The monoisotopic (exact) mass is 359 g/mol. The van der Waals surface area contributed by atoms with Crippen molar-refractivity contribution in [3.8, 4) is 0 Å². The molecular formula is C14H9BrF3NO2. The number of carboxylic acids is 1. The Morgan fingerprint density at radius 2 is 1.81 bits per heavy atom. The molecule has 0 aliphatic heterocycles. The third-order valence-corrected chi connectivity index (χ3v) is 3.12. The molecule has 110 valence electrons. The van der Waals surface area contributed by atoms with Crippen LogP contribution >= 0.6 is 15.9 Å². The van der Waals surface area contributed by atoms with Crippen molar-refractivity contribution in [2.24, 2.45) is 0 Å². The Bertz CT molecular complexity index is 686. The first-order chi connectivity index (χ1) is 9.77. The summed E-state index contributed by atoms with van der Waals surface area (Å²) in [6, 6.07) is 9.30. The predicted molar refractivity (Wildman–Crippen MR) is 75.8 cm³/mol. The van der Waals surface area contributed by atoms with Crippen molar-refractivity contribution in [1.29, 1.82) is 0 Å². The molecule has 0 spiro atoms. The molecule has 7 heteroatoms. The molecule has 0 aliphatic carbocycles. The zero-order valence-corrected chi connectivity index (χ0v) is 12.0. The van der Waals surface area contributed by atoms with Crippen LogP contribution in [0.25, 0.3) is 0 Å². The molecule has 2 N–H and O–H groups in total. The van der Waals surface area contributed by atoms with E-state index in [2.05, 4.69) is 21.2 Å². The van der Waals surface area contributed by atoms with Crippen molar-refractivity contribution in [3.63, 3.8) is 0 Å². The van der Waals surface area contributed by atoms with E-state index in [1.54, 1.807) is 6.07 Å². The lowest BCUT2D eigenvalue weighted by molar-refractivity contribution is -0.137. The third kappa shape index (κ3) is 3.75. The van der Waals surface area contributed by atoms with Gasteiger partial charge in [-0.2, -0.15) is 13.2 Å². The van der Waals surface area contributed by atoms with E-state index < -0.39 is 17.7 Å². The molecule has 0 heterocycles. The molecule has 0 amide bonds. The number of hydrogen-bond acceptors (Lipinski definition) is 2. The zero-order chi connectivity index (χ0) is 15.6. The number of rotatable bonds is 3. The second kappa shape index (κ2) is 5.77. The van der Waals surface area contributed by atoms with Crippen molar-refractivity contribution < 1.29 is 23.1 Å².